The van der Waals surface area contributed by atoms with Crippen molar-refractivity contribution in [3.05, 3.63) is 29.8 Å². The molecule has 0 aromatic heterocycles. The van der Waals surface area contributed by atoms with Crippen molar-refractivity contribution in [2.24, 2.45) is 5.92 Å². The Morgan fingerprint density at radius 3 is 2.95 bits per heavy atom. The van der Waals surface area contributed by atoms with Gasteiger partial charge in [0.25, 0.3) is 0 Å². The molecule has 1 aliphatic heterocycles. The van der Waals surface area contributed by atoms with Crippen LogP contribution < -0.4 is 5.32 Å². The summed E-state index contributed by atoms with van der Waals surface area (Å²) in [4.78, 5) is 14.3. The first-order valence-electron chi connectivity index (χ1n) is 7.22. The fraction of sp³-hybridized carbons (Fsp3) is 0.562. The molecule has 4 heteroatoms. The number of carbonyl (C=O) groups is 1. The van der Waals surface area contributed by atoms with Crippen molar-refractivity contribution in [1.29, 1.82) is 0 Å². The van der Waals surface area contributed by atoms with Crippen molar-refractivity contribution in [3.63, 3.8) is 0 Å². The van der Waals surface area contributed by atoms with Gasteiger partial charge in [-0.05, 0) is 49.9 Å². The highest BCUT2D eigenvalue weighted by Crippen LogP contribution is 2.15. The van der Waals surface area contributed by atoms with E-state index < -0.39 is 0 Å². The van der Waals surface area contributed by atoms with Gasteiger partial charge in [-0.3, -0.25) is 4.79 Å². The lowest BCUT2D eigenvalue weighted by molar-refractivity contribution is -0.116. The molecule has 0 saturated carbocycles. The Bertz CT molecular complexity index is 436. The van der Waals surface area contributed by atoms with E-state index in [9.17, 15) is 4.79 Å². The lowest BCUT2D eigenvalue weighted by atomic mass is 10.0. The summed E-state index contributed by atoms with van der Waals surface area (Å²) in [5, 5.41) is 2.97. The second-order valence-corrected chi connectivity index (χ2v) is 5.72. The molecule has 1 aliphatic rings. The van der Waals surface area contributed by atoms with E-state index in [2.05, 4.69) is 17.1 Å². The van der Waals surface area contributed by atoms with E-state index in [-0.39, 0.29) is 18.3 Å². The van der Waals surface area contributed by atoms with Crippen LogP contribution in [0.5, 0.6) is 0 Å². The average molecular weight is 297 g/mol. The Morgan fingerprint density at radius 1 is 1.45 bits per heavy atom. The molecule has 1 amide bonds. The summed E-state index contributed by atoms with van der Waals surface area (Å²) in [5.74, 6) is 0.886. The highest BCUT2D eigenvalue weighted by molar-refractivity contribution is 5.90. The molecule has 1 heterocycles. The summed E-state index contributed by atoms with van der Waals surface area (Å²) >= 11 is 0. The Hall–Kier alpha value is -1.06. The minimum Gasteiger partial charge on any atom is -0.326 e. The van der Waals surface area contributed by atoms with E-state index in [1.54, 1.807) is 0 Å². The zero-order valence-electron chi connectivity index (χ0n) is 12.4. The predicted octanol–water partition coefficient (Wildman–Crippen LogP) is 3.48. The fourth-order valence-electron chi connectivity index (χ4n) is 2.70. The molecule has 1 aromatic rings. The Labute approximate surface area is 128 Å². The van der Waals surface area contributed by atoms with Crippen LogP contribution in [0.1, 0.15) is 31.7 Å². The van der Waals surface area contributed by atoms with E-state index in [0.29, 0.717) is 6.42 Å². The molecule has 1 unspecified atom stereocenters. The number of piperidine rings is 1. The molecule has 1 saturated heterocycles. The minimum absolute atomic E-state index is 0. The number of nitrogens with one attached hydrogen (secondary N) is 1. The number of halogens is 1. The molecule has 3 nitrogen and oxygen atoms in total. The van der Waals surface area contributed by atoms with E-state index in [4.69, 9.17) is 0 Å². The van der Waals surface area contributed by atoms with E-state index >= 15 is 0 Å². The number of hydrogen-bond donors (Lipinski definition) is 1. The maximum absolute atomic E-state index is 11.9. The largest absolute Gasteiger partial charge is 0.326 e. The van der Waals surface area contributed by atoms with E-state index in [0.717, 1.165) is 31.2 Å². The van der Waals surface area contributed by atoms with Crippen LogP contribution in [-0.2, 0) is 4.79 Å². The van der Waals surface area contributed by atoms with Gasteiger partial charge in [-0.15, -0.1) is 12.4 Å². The van der Waals surface area contributed by atoms with Crippen LogP contribution in [-0.4, -0.2) is 30.4 Å². The Kier molecular flexibility index (Phi) is 7.03. The van der Waals surface area contributed by atoms with Crippen molar-refractivity contribution < 1.29 is 4.79 Å². The molecular formula is C16H25ClN2O. The molecule has 1 N–H and O–H groups in total. The zero-order chi connectivity index (χ0) is 13.7. The van der Waals surface area contributed by atoms with Crippen LogP contribution in [0.4, 0.5) is 5.69 Å². The molecule has 2 rings (SSSR count). The van der Waals surface area contributed by atoms with Crippen molar-refractivity contribution in [2.75, 3.05) is 25.0 Å². The topological polar surface area (TPSA) is 32.3 Å². The summed E-state index contributed by atoms with van der Waals surface area (Å²) in [5.41, 5.74) is 2.07. The lowest BCUT2D eigenvalue weighted by Crippen LogP contribution is -2.36. The maximum atomic E-state index is 11.9. The van der Waals surface area contributed by atoms with Crippen molar-refractivity contribution >= 4 is 24.0 Å². The van der Waals surface area contributed by atoms with Gasteiger partial charge in [0, 0.05) is 25.2 Å². The standard InChI is InChI=1S/C16H24N2O.ClH/c1-13-5-3-7-15(11-13)17-16(19)8-10-18-9-4-6-14(2)12-18;/h3,5,7,11,14H,4,6,8-10,12H2,1-2H3,(H,17,19);1H. The van der Waals surface area contributed by atoms with Gasteiger partial charge >= 0.3 is 0 Å². The third kappa shape index (κ3) is 5.51. The molecule has 0 spiro atoms. The summed E-state index contributed by atoms with van der Waals surface area (Å²) in [7, 11) is 0. The zero-order valence-corrected chi connectivity index (χ0v) is 13.2. The van der Waals surface area contributed by atoms with Crippen LogP contribution in [0, 0.1) is 12.8 Å². The monoisotopic (exact) mass is 296 g/mol. The number of aryl methyl sites for hydroxylation is 1. The van der Waals surface area contributed by atoms with Gasteiger partial charge in [0.15, 0.2) is 0 Å². The summed E-state index contributed by atoms with van der Waals surface area (Å²) < 4.78 is 0. The molecule has 112 valence electrons. The average Bonchev–Trinajstić information content (AvgIpc) is 2.36. The van der Waals surface area contributed by atoms with Crippen LogP contribution >= 0.6 is 12.4 Å². The number of likely N-dealkylation sites (tertiary alicyclic amines) is 1. The summed E-state index contributed by atoms with van der Waals surface area (Å²) in [6.45, 7) is 7.48. The lowest BCUT2D eigenvalue weighted by Gasteiger charge is -2.30. The van der Waals surface area contributed by atoms with Gasteiger partial charge in [0.05, 0.1) is 0 Å². The second-order valence-electron chi connectivity index (χ2n) is 5.72. The first kappa shape index (κ1) is 17.0. The van der Waals surface area contributed by atoms with E-state index in [1.807, 2.05) is 31.2 Å². The van der Waals surface area contributed by atoms with Gasteiger partial charge in [0.2, 0.25) is 5.91 Å². The third-order valence-electron chi connectivity index (χ3n) is 3.70. The fourth-order valence-corrected chi connectivity index (χ4v) is 2.70. The molecule has 0 bridgehead atoms. The summed E-state index contributed by atoms with van der Waals surface area (Å²) in [6, 6.07) is 7.94. The number of rotatable bonds is 4. The highest BCUT2D eigenvalue weighted by Gasteiger charge is 2.16. The summed E-state index contributed by atoms with van der Waals surface area (Å²) in [6.07, 6.45) is 3.17. The quantitative estimate of drug-likeness (QED) is 0.922. The van der Waals surface area contributed by atoms with Gasteiger partial charge < -0.3 is 10.2 Å². The molecule has 1 aromatic carbocycles. The van der Waals surface area contributed by atoms with Gasteiger partial charge in [-0.25, -0.2) is 0 Å². The minimum atomic E-state index is 0. The number of benzene rings is 1. The van der Waals surface area contributed by atoms with Crippen molar-refractivity contribution in [3.8, 4) is 0 Å². The smallest absolute Gasteiger partial charge is 0.225 e. The van der Waals surface area contributed by atoms with Crippen LogP contribution in [0.3, 0.4) is 0 Å². The van der Waals surface area contributed by atoms with Crippen molar-refractivity contribution in [2.45, 2.75) is 33.1 Å². The number of carbonyl (C=O) groups excluding carboxylic acids is 1. The Morgan fingerprint density at radius 2 is 2.25 bits per heavy atom. The number of hydrogen-bond acceptors (Lipinski definition) is 2. The Balaban J connectivity index is 0.00000200. The first-order chi connectivity index (χ1) is 9.13. The molecule has 0 radical (unpaired) electrons. The van der Waals surface area contributed by atoms with Gasteiger partial charge in [0.1, 0.15) is 0 Å². The molecule has 1 atom stereocenters. The first-order valence-corrected chi connectivity index (χ1v) is 7.22. The third-order valence-corrected chi connectivity index (χ3v) is 3.70. The second kappa shape index (κ2) is 8.28. The molecule has 0 aliphatic carbocycles. The SMILES string of the molecule is Cc1cccc(NC(=O)CCN2CCCC(C)C2)c1.Cl. The predicted molar refractivity (Wildman–Crippen MR) is 86.5 cm³/mol. The molecule has 1 fully saturated rings. The van der Waals surface area contributed by atoms with Gasteiger partial charge in [-0.1, -0.05) is 19.1 Å². The molecule has 20 heavy (non-hydrogen) atoms. The van der Waals surface area contributed by atoms with Crippen molar-refractivity contribution in [1.82, 2.24) is 4.90 Å². The molecular weight excluding hydrogens is 272 g/mol. The van der Waals surface area contributed by atoms with E-state index in [1.165, 1.54) is 18.4 Å². The number of anilines is 1. The van der Waals surface area contributed by atoms with Crippen LogP contribution in [0.2, 0.25) is 0 Å². The number of nitrogens with zero attached hydrogens (tertiary/aromatic N) is 1. The maximum Gasteiger partial charge on any atom is 0.225 e. The van der Waals surface area contributed by atoms with Crippen LogP contribution in [0.15, 0.2) is 24.3 Å². The highest BCUT2D eigenvalue weighted by atomic mass is 35.5. The van der Waals surface area contributed by atoms with Gasteiger partial charge in [-0.2, -0.15) is 0 Å². The van der Waals surface area contributed by atoms with Crippen LogP contribution in [0.25, 0.3) is 0 Å². The number of amides is 1. The normalized spacial score (nSPS) is 19.2.